The number of nitrogens with one attached hydrogen (secondary N) is 2. The molecule has 0 radical (unpaired) electrons. The van der Waals surface area contributed by atoms with E-state index in [1.54, 1.807) is 0 Å². The number of rotatable bonds is 16. The van der Waals surface area contributed by atoms with Crippen molar-refractivity contribution in [2.75, 3.05) is 13.2 Å². The summed E-state index contributed by atoms with van der Waals surface area (Å²) in [6, 6.07) is 0. The summed E-state index contributed by atoms with van der Waals surface area (Å²) in [6.07, 6.45) is 2.92. The largest absolute Gasteiger partial charge is 0.481 e. The molecule has 2 amide bonds. The third-order valence-electron chi connectivity index (χ3n) is 7.58. The third-order valence-corrected chi connectivity index (χ3v) is 7.58. The van der Waals surface area contributed by atoms with Crippen LogP contribution < -0.4 is 10.6 Å². The van der Waals surface area contributed by atoms with Gasteiger partial charge in [-0.3, -0.25) is 14.4 Å². The summed E-state index contributed by atoms with van der Waals surface area (Å²) in [5, 5.41) is 14.7. The lowest BCUT2D eigenvalue weighted by Gasteiger charge is -2.48. The zero-order valence-electron chi connectivity index (χ0n) is 26.2. The fourth-order valence-electron chi connectivity index (χ4n) is 5.08. The molecule has 0 aromatic rings. The normalized spacial score (nSPS) is 13.9. The maximum absolute atomic E-state index is 13.2. The molecule has 0 rings (SSSR count). The molecular weight excluding hydrogens is 468 g/mol. The Morgan fingerprint density at radius 2 is 1.24 bits per heavy atom. The Balaban J connectivity index is 4.74. The van der Waals surface area contributed by atoms with E-state index in [0.29, 0.717) is 26.0 Å². The van der Waals surface area contributed by atoms with Crippen molar-refractivity contribution in [2.24, 2.45) is 21.7 Å². The summed E-state index contributed by atoms with van der Waals surface area (Å²) >= 11 is 0. The zero-order valence-corrected chi connectivity index (χ0v) is 26.2. The Labute approximate surface area is 227 Å². The van der Waals surface area contributed by atoms with E-state index in [1.807, 2.05) is 41.5 Å². The summed E-state index contributed by atoms with van der Waals surface area (Å²) in [5.41, 5.74) is -1.14. The first kappa shape index (κ1) is 35.4. The van der Waals surface area contributed by atoms with Crippen molar-refractivity contribution in [2.45, 2.75) is 140 Å². The van der Waals surface area contributed by atoms with Crippen LogP contribution in [0.2, 0.25) is 0 Å². The van der Waals surface area contributed by atoms with E-state index >= 15 is 0 Å². The summed E-state index contributed by atoms with van der Waals surface area (Å²) in [6.45, 7) is 28.8. The maximum Gasteiger partial charge on any atom is 0.303 e. The van der Waals surface area contributed by atoms with Gasteiger partial charge in [-0.2, -0.15) is 0 Å². The first-order chi connectivity index (χ1) is 16.3. The van der Waals surface area contributed by atoms with Crippen LogP contribution >= 0.6 is 0 Å². The number of ether oxygens (including phenoxy) is 1. The lowest BCUT2D eigenvalue weighted by molar-refractivity contribution is -0.139. The first-order valence-corrected chi connectivity index (χ1v) is 13.8. The molecule has 3 N–H and O–H groups in total. The van der Waals surface area contributed by atoms with Crippen LogP contribution in [0, 0.1) is 21.7 Å². The van der Waals surface area contributed by atoms with Gasteiger partial charge in [0.2, 0.25) is 11.8 Å². The number of hydrogen-bond acceptors (Lipinski definition) is 4. The predicted molar refractivity (Wildman–Crippen MR) is 151 cm³/mol. The Kier molecular flexibility index (Phi) is 12.4. The molecule has 218 valence electrons. The Bertz CT molecular complexity index is 773. The SMILES string of the molecule is CC(C)(C)CC(C)(C)C(C)(C)CC(C)(C)C(=O)NCCC(C)(C)OCCC(C)(C)NC(=O)CCC(=O)O. The number of aliphatic carboxylic acids is 1. The average molecular weight is 527 g/mol. The molecule has 0 saturated carbocycles. The fourth-order valence-corrected chi connectivity index (χ4v) is 5.08. The third kappa shape index (κ3) is 14.2. The minimum Gasteiger partial charge on any atom is -0.481 e. The lowest BCUT2D eigenvalue weighted by Crippen LogP contribution is -2.46. The number of hydrogen-bond donors (Lipinski definition) is 3. The van der Waals surface area contributed by atoms with E-state index in [9.17, 15) is 14.4 Å². The standard InChI is InChI=1S/C30H58N2O5/c1-25(2,3)20-27(6,7)28(8,9)21-26(4,5)24(36)31-18-16-30(12,13)37-19-17-29(10,11)32-22(33)14-15-23(34)35/h14-21H2,1-13H3,(H,31,36)(H,32,33)(H,34,35). The number of carbonyl (C=O) groups is 3. The van der Waals surface area contributed by atoms with Crippen molar-refractivity contribution >= 4 is 17.8 Å². The summed E-state index contributed by atoms with van der Waals surface area (Å²) in [7, 11) is 0. The minimum atomic E-state index is -0.985. The zero-order chi connectivity index (χ0) is 29.5. The maximum atomic E-state index is 13.2. The summed E-state index contributed by atoms with van der Waals surface area (Å²) in [4.78, 5) is 35.8. The monoisotopic (exact) mass is 526 g/mol. The van der Waals surface area contributed by atoms with Crippen LogP contribution in [-0.4, -0.2) is 47.2 Å². The predicted octanol–water partition coefficient (Wildman–Crippen LogP) is 6.34. The van der Waals surface area contributed by atoms with Crippen LogP contribution in [-0.2, 0) is 19.1 Å². The molecule has 0 spiro atoms. The van der Waals surface area contributed by atoms with Crippen molar-refractivity contribution in [3.8, 4) is 0 Å². The van der Waals surface area contributed by atoms with E-state index in [-0.39, 0.29) is 40.9 Å². The van der Waals surface area contributed by atoms with E-state index < -0.39 is 22.5 Å². The van der Waals surface area contributed by atoms with E-state index in [4.69, 9.17) is 9.84 Å². The first-order valence-electron chi connectivity index (χ1n) is 13.8. The van der Waals surface area contributed by atoms with Crippen LogP contribution in [0.1, 0.15) is 129 Å². The molecule has 37 heavy (non-hydrogen) atoms. The van der Waals surface area contributed by atoms with Crippen LogP contribution in [0.5, 0.6) is 0 Å². The second-order valence-corrected chi connectivity index (χ2v) is 15.3. The van der Waals surface area contributed by atoms with Gasteiger partial charge in [0.15, 0.2) is 0 Å². The number of amides is 2. The second kappa shape index (κ2) is 12.9. The quantitative estimate of drug-likeness (QED) is 0.218. The number of carboxylic acid groups (broad SMARTS) is 1. The van der Waals surface area contributed by atoms with E-state index in [0.717, 1.165) is 12.8 Å². The molecule has 0 heterocycles. The lowest BCUT2D eigenvalue weighted by atomic mass is 9.57. The molecular formula is C30H58N2O5. The Morgan fingerprint density at radius 3 is 1.73 bits per heavy atom. The second-order valence-electron chi connectivity index (χ2n) is 15.3. The molecule has 7 heteroatoms. The molecule has 7 nitrogen and oxygen atoms in total. The average Bonchev–Trinajstić information content (AvgIpc) is 2.62. The molecule has 0 fully saturated rings. The molecule has 0 aliphatic rings. The van der Waals surface area contributed by atoms with Gasteiger partial charge in [-0.05, 0) is 69.6 Å². The Hall–Kier alpha value is -1.63. The fraction of sp³-hybridized carbons (Fsp3) is 0.900. The van der Waals surface area contributed by atoms with Gasteiger partial charge in [0.25, 0.3) is 0 Å². The van der Waals surface area contributed by atoms with E-state index in [2.05, 4.69) is 59.1 Å². The van der Waals surface area contributed by atoms with Crippen LogP contribution in [0.4, 0.5) is 0 Å². The molecule has 0 unspecified atom stereocenters. The van der Waals surface area contributed by atoms with Crippen molar-refractivity contribution < 1.29 is 24.2 Å². The molecule has 0 aromatic carbocycles. The summed E-state index contributed by atoms with van der Waals surface area (Å²) in [5.74, 6) is -1.20. The molecule has 0 bridgehead atoms. The van der Waals surface area contributed by atoms with Gasteiger partial charge in [-0.1, -0.05) is 62.3 Å². The smallest absolute Gasteiger partial charge is 0.303 e. The van der Waals surface area contributed by atoms with Crippen molar-refractivity contribution in [1.82, 2.24) is 10.6 Å². The van der Waals surface area contributed by atoms with E-state index in [1.165, 1.54) is 0 Å². The highest BCUT2D eigenvalue weighted by Crippen LogP contribution is 2.51. The number of carbonyl (C=O) groups excluding carboxylic acids is 2. The molecule has 0 aromatic heterocycles. The topological polar surface area (TPSA) is 105 Å². The highest BCUT2D eigenvalue weighted by Gasteiger charge is 2.44. The molecule has 0 saturated heterocycles. The number of carboxylic acids is 1. The molecule has 0 atom stereocenters. The van der Waals surface area contributed by atoms with Crippen molar-refractivity contribution in [3.05, 3.63) is 0 Å². The molecule has 0 aliphatic heterocycles. The van der Waals surface area contributed by atoms with Crippen molar-refractivity contribution in [1.29, 1.82) is 0 Å². The van der Waals surface area contributed by atoms with Gasteiger partial charge in [0, 0.05) is 30.5 Å². The van der Waals surface area contributed by atoms with Gasteiger partial charge >= 0.3 is 5.97 Å². The van der Waals surface area contributed by atoms with Gasteiger partial charge in [0.05, 0.1) is 12.0 Å². The summed E-state index contributed by atoms with van der Waals surface area (Å²) < 4.78 is 6.09. The van der Waals surface area contributed by atoms with Crippen LogP contribution in [0.15, 0.2) is 0 Å². The molecule has 0 aliphatic carbocycles. The van der Waals surface area contributed by atoms with Gasteiger partial charge in [-0.15, -0.1) is 0 Å². The Morgan fingerprint density at radius 1 is 0.730 bits per heavy atom. The minimum absolute atomic E-state index is 0.0145. The van der Waals surface area contributed by atoms with Gasteiger partial charge in [-0.25, -0.2) is 0 Å². The highest BCUT2D eigenvalue weighted by molar-refractivity contribution is 5.82. The highest BCUT2D eigenvalue weighted by atomic mass is 16.5. The van der Waals surface area contributed by atoms with Crippen LogP contribution in [0.3, 0.4) is 0 Å². The van der Waals surface area contributed by atoms with Gasteiger partial charge in [0.1, 0.15) is 0 Å². The van der Waals surface area contributed by atoms with Crippen LogP contribution in [0.25, 0.3) is 0 Å². The van der Waals surface area contributed by atoms with Crippen molar-refractivity contribution in [3.63, 3.8) is 0 Å². The van der Waals surface area contributed by atoms with Gasteiger partial charge < -0.3 is 20.5 Å².